The van der Waals surface area contributed by atoms with Crippen molar-refractivity contribution < 1.29 is 4.79 Å². The Labute approximate surface area is 105 Å². The van der Waals surface area contributed by atoms with E-state index >= 15 is 0 Å². The zero-order valence-electron chi connectivity index (χ0n) is 11.2. The second-order valence-electron chi connectivity index (χ2n) is 4.23. The van der Waals surface area contributed by atoms with Crippen LogP contribution in [0.25, 0.3) is 0 Å². The summed E-state index contributed by atoms with van der Waals surface area (Å²) in [4.78, 5) is 11.6. The number of amides is 1. The molecule has 5 N–H and O–H groups in total. The highest BCUT2D eigenvalue weighted by molar-refractivity contribution is 5.76. The highest BCUT2D eigenvalue weighted by atomic mass is 16.1. The minimum absolute atomic E-state index is 0.178. The Morgan fingerprint density at radius 2 is 2.00 bits per heavy atom. The average molecular weight is 244 g/mol. The number of nitrogens with one attached hydrogen (secondary N) is 3. The van der Waals surface area contributed by atoms with Crippen LogP contribution >= 0.6 is 0 Å². The number of hydrogen-bond donors (Lipinski definition) is 4. The molecule has 0 saturated heterocycles. The van der Waals surface area contributed by atoms with Gasteiger partial charge >= 0.3 is 0 Å². The van der Waals surface area contributed by atoms with Crippen molar-refractivity contribution in [2.75, 3.05) is 13.2 Å². The van der Waals surface area contributed by atoms with E-state index in [2.05, 4.69) is 30.0 Å². The van der Waals surface area contributed by atoms with Crippen LogP contribution in [0.2, 0.25) is 0 Å². The fourth-order valence-corrected chi connectivity index (χ4v) is 1.62. The van der Waals surface area contributed by atoms with Crippen LogP contribution in [0.3, 0.4) is 0 Å². The maximum absolute atomic E-state index is 11.6. The Kier molecular flexibility index (Phi) is 11.4. The van der Waals surface area contributed by atoms with Gasteiger partial charge in [0.15, 0.2) is 0 Å². The van der Waals surface area contributed by atoms with Gasteiger partial charge in [-0.15, -0.1) is 0 Å². The van der Waals surface area contributed by atoms with Crippen molar-refractivity contribution in [2.24, 2.45) is 5.73 Å². The van der Waals surface area contributed by atoms with Gasteiger partial charge in [0.25, 0.3) is 0 Å². The van der Waals surface area contributed by atoms with E-state index < -0.39 is 0 Å². The van der Waals surface area contributed by atoms with Gasteiger partial charge in [-0.05, 0) is 19.3 Å². The number of carbonyl (C=O) groups is 1. The molecule has 0 aliphatic rings. The molecule has 0 aliphatic heterocycles. The van der Waals surface area contributed by atoms with Gasteiger partial charge in [0.2, 0.25) is 5.91 Å². The van der Waals surface area contributed by atoms with E-state index in [9.17, 15) is 4.79 Å². The Morgan fingerprint density at radius 1 is 1.24 bits per heavy atom. The van der Waals surface area contributed by atoms with Crippen LogP contribution in [0, 0.1) is 0 Å². The lowest BCUT2D eigenvalue weighted by Gasteiger charge is -2.17. The summed E-state index contributed by atoms with van der Waals surface area (Å²) in [5, 5.41) is 3.06. The third-order valence-corrected chi connectivity index (χ3v) is 2.71. The molecular formula is C12H28N4O. The van der Waals surface area contributed by atoms with Crippen molar-refractivity contribution in [1.82, 2.24) is 16.2 Å². The topological polar surface area (TPSA) is 79.2 Å². The highest BCUT2D eigenvalue weighted by Crippen LogP contribution is 2.01. The van der Waals surface area contributed by atoms with Crippen LogP contribution in [0.15, 0.2) is 0 Å². The number of carbonyl (C=O) groups excluding carboxylic acids is 1. The number of unbranched alkanes of at least 4 members (excludes halogenated alkanes) is 2. The SMILES string of the molecule is CCCCCC(=O)NC(CC)CCNNCN. The van der Waals surface area contributed by atoms with Crippen LogP contribution in [0.1, 0.15) is 52.4 Å². The molecule has 0 heterocycles. The maximum atomic E-state index is 11.6. The molecule has 1 atom stereocenters. The molecule has 102 valence electrons. The van der Waals surface area contributed by atoms with Crippen LogP contribution in [-0.2, 0) is 4.79 Å². The van der Waals surface area contributed by atoms with Crippen LogP contribution in [-0.4, -0.2) is 25.2 Å². The van der Waals surface area contributed by atoms with Gasteiger partial charge in [0.05, 0.1) is 6.67 Å². The molecule has 17 heavy (non-hydrogen) atoms. The second kappa shape index (κ2) is 11.8. The lowest BCUT2D eigenvalue weighted by Crippen LogP contribution is -2.41. The molecule has 0 aliphatic carbocycles. The largest absolute Gasteiger partial charge is 0.353 e. The maximum Gasteiger partial charge on any atom is 0.220 e. The summed E-state index contributed by atoms with van der Waals surface area (Å²) in [7, 11) is 0. The van der Waals surface area contributed by atoms with E-state index in [0.29, 0.717) is 13.1 Å². The lowest BCUT2D eigenvalue weighted by atomic mass is 10.1. The first-order valence-corrected chi connectivity index (χ1v) is 6.69. The average Bonchev–Trinajstić information content (AvgIpc) is 2.33. The Bertz CT molecular complexity index is 187. The molecule has 0 aromatic rings. The number of hydrogen-bond acceptors (Lipinski definition) is 4. The quantitative estimate of drug-likeness (QED) is 0.247. The second-order valence-corrected chi connectivity index (χ2v) is 4.23. The number of nitrogens with two attached hydrogens (primary N) is 1. The first-order chi connectivity index (χ1) is 8.24. The molecule has 1 amide bonds. The molecule has 0 aromatic heterocycles. The van der Waals surface area contributed by atoms with Gasteiger partial charge < -0.3 is 11.1 Å². The summed E-state index contributed by atoms with van der Waals surface area (Å²) in [5.74, 6) is 0.178. The fourth-order valence-electron chi connectivity index (χ4n) is 1.62. The van der Waals surface area contributed by atoms with Gasteiger partial charge in [-0.2, -0.15) is 0 Å². The summed E-state index contributed by atoms with van der Waals surface area (Å²) in [6.07, 6.45) is 5.81. The predicted molar refractivity (Wildman–Crippen MR) is 71.2 cm³/mol. The summed E-state index contributed by atoms with van der Waals surface area (Å²) >= 11 is 0. The zero-order valence-corrected chi connectivity index (χ0v) is 11.2. The number of hydrazine groups is 1. The minimum Gasteiger partial charge on any atom is -0.353 e. The normalized spacial score (nSPS) is 12.4. The van der Waals surface area contributed by atoms with E-state index in [4.69, 9.17) is 5.73 Å². The molecule has 0 bridgehead atoms. The summed E-state index contributed by atoms with van der Waals surface area (Å²) in [5.41, 5.74) is 11.1. The van der Waals surface area contributed by atoms with Gasteiger partial charge in [0.1, 0.15) is 0 Å². The molecule has 0 spiro atoms. The standard InChI is InChI=1S/C12H28N4O/c1-3-5-6-7-12(17)16-11(4-2)8-9-14-15-10-13/h11,14-15H,3-10,13H2,1-2H3,(H,16,17). The van der Waals surface area contributed by atoms with Crippen molar-refractivity contribution in [2.45, 2.75) is 58.4 Å². The van der Waals surface area contributed by atoms with Crippen molar-refractivity contribution in [3.05, 3.63) is 0 Å². The van der Waals surface area contributed by atoms with E-state index in [1.54, 1.807) is 0 Å². The van der Waals surface area contributed by atoms with Crippen LogP contribution < -0.4 is 21.9 Å². The highest BCUT2D eigenvalue weighted by Gasteiger charge is 2.09. The first kappa shape index (κ1) is 16.4. The Morgan fingerprint density at radius 3 is 2.59 bits per heavy atom. The minimum atomic E-state index is 0.178. The van der Waals surface area contributed by atoms with Gasteiger partial charge in [-0.1, -0.05) is 26.7 Å². The number of rotatable bonds is 11. The Balaban J connectivity index is 3.60. The third-order valence-electron chi connectivity index (χ3n) is 2.71. The van der Waals surface area contributed by atoms with Crippen molar-refractivity contribution in [1.29, 1.82) is 0 Å². The van der Waals surface area contributed by atoms with Gasteiger partial charge in [0, 0.05) is 19.0 Å². The van der Waals surface area contributed by atoms with E-state index in [-0.39, 0.29) is 11.9 Å². The van der Waals surface area contributed by atoms with E-state index in [1.807, 2.05) is 0 Å². The molecule has 0 aromatic carbocycles. The molecule has 5 nitrogen and oxygen atoms in total. The zero-order chi connectivity index (χ0) is 12.9. The van der Waals surface area contributed by atoms with Gasteiger partial charge in [-0.25, -0.2) is 5.43 Å². The molecule has 0 radical (unpaired) electrons. The monoisotopic (exact) mass is 244 g/mol. The van der Waals surface area contributed by atoms with Crippen molar-refractivity contribution in [3.63, 3.8) is 0 Å². The molecular weight excluding hydrogens is 216 g/mol. The van der Waals surface area contributed by atoms with Crippen LogP contribution in [0.5, 0.6) is 0 Å². The van der Waals surface area contributed by atoms with Crippen molar-refractivity contribution >= 4 is 5.91 Å². The van der Waals surface area contributed by atoms with Crippen LogP contribution in [0.4, 0.5) is 0 Å². The molecule has 0 fully saturated rings. The lowest BCUT2D eigenvalue weighted by molar-refractivity contribution is -0.122. The summed E-state index contributed by atoms with van der Waals surface area (Å²) in [6.45, 7) is 5.46. The Hall–Kier alpha value is -0.650. The molecule has 0 saturated carbocycles. The van der Waals surface area contributed by atoms with Crippen molar-refractivity contribution in [3.8, 4) is 0 Å². The molecule has 0 rings (SSSR count). The van der Waals surface area contributed by atoms with E-state index in [0.717, 1.165) is 38.6 Å². The molecule has 1 unspecified atom stereocenters. The van der Waals surface area contributed by atoms with Gasteiger partial charge in [-0.3, -0.25) is 10.2 Å². The summed E-state index contributed by atoms with van der Waals surface area (Å²) in [6, 6.07) is 0.260. The summed E-state index contributed by atoms with van der Waals surface area (Å²) < 4.78 is 0. The predicted octanol–water partition coefficient (Wildman–Crippen LogP) is 0.862. The smallest absolute Gasteiger partial charge is 0.220 e. The molecule has 5 heteroatoms. The first-order valence-electron chi connectivity index (χ1n) is 6.69. The third kappa shape index (κ3) is 10.2. The van der Waals surface area contributed by atoms with E-state index in [1.165, 1.54) is 0 Å². The fraction of sp³-hybridized carbons (Fsp3) is 0.917.